The predicted octanol–water partition coefficient (Wildman–Crippen LogP) is 2.35. The minimum Gasteiger partial charge on any atom is -0.478 e. The molecule has 0 unspecified atom stereocenters. The third-order valence-corrected chi connectivity index (χ3v) is 2.84. The van der Waals surface area contributed by atoms with Crippen molar-refractivity contribution in [3.8, 4) is 5.75 Å². The summed E-state index contributed by atoms with van der Waals surface area (Å²) in [5, 5.41) is 13.8. The first-order chi connectivity index (χ1) is 8.71. The SMILES string of the molecule is CC1(Oc2ccc(C(F)(F)F)cc2[N+](=O)[O-])CNC1. The van der Waals surface area contributed by atoms with E-state index in [0.717, 1.165) is 12.1 Å². The minimum absolute atomic E-state index is 0.151. The highest BCUT2D eigenvalue weighted by molar-refractivity contribution is 5.49. The molecule has 1 fully saturated rings. The largest absolute Gasteiger partial charge is 0.478 e. The van der Waals surface area contributed by atoms with E-state index >= 15 is 0 Å². The number of nitrogens with one attached hydrogen (secondary N) is 1. The van der Waals surface area contributed by atoms with Crippen LogP contribution in [0.1, 0.15) is 12.5 Å². The lowest BCUT2D eigenvalue weighted by atomic mass is 10.00. The van der Waals surface area contributed by atoms with Gasteiger partial charge in [0.15, 0.2) is 5.75 Å². The van der Waals surface area contributed by atoms with Crippen molar-refractivity contribution in [2.45, 2.75) is 18.7 Å². The molecule has 1 N–H and O–H groups in total. The zero-order valence-electron chi connectivity index (χ0n) is 9.95. The second-order valence-electron chi connectivity index (χ2n) is 4.59. The van der Waals surface area contributed by atoms with Crippen LogP contribution in [0.3, 0.4) is 0 Å². The summed E-state index contributed by atoms with van der Waals surface area (Å²) >= 11 is 0. The van der Waals surface area contributed by atoms with Gasteiger partial charge in [0.05, 0.1) is 10.5 Å². The Hall–Kier alpha value is -1.83. The van der Waals surface area contributed by atoms with Gasteiger partial charge in [-0.2, -0.15) is 13.2 Å². The first-order valence-electron chi connectivity index (χ1n) is 5.47. The molecule has 0 atom stereocenters. The molecule has 0 aliphatic carbocycles. The Morgan fingerprint density at radius 3 is 2.47 bits per heavy atom. The van der Waals surface area contributed by atoms with Crippen LogP contribution in [0.2, 0.25) is 0 Å². The highest BCUT2D eigenvalue weighted by atomic mass is 19.4. The Morgan fingerprint density at radius 2 is 2.05 bits per heavy atom. The van der Waals surface area contributed by atoms with Gasteiger partial charge in [0.1, 0.15) is 5.60 Å². The predicted molar refractivity (Wildman–Crippen MR) is 60.0 cm³/mol. The van der Waals surface area contributed by atoms with Crippen LogP contribution in [-0.4, -0.2) is 23.6 Å². The molecule has 104 valence electrons. The van der Waals surface area contributed by atoms with Gasteiger partial charge in [-0.05, 0) is 19.1 Å². The molecule has 0 bridgehead atoms. The number of nitrogens with zero attached hydrogens (tertiary/aromatic N) is 1. The molecule has 0 saturated carbocycles. The van der Waals surface area contributed by atoms with Gasteiger partial charge in [-0.15, -0.1) is 0 Å². The van der Waals surface area contributed by atoms with E-state index in [1.807, 2.05) is 0 Å². The monoisotopic (exact) mass is 276 g/mol. The number of ether oxygens (including phenoxy) is 1. The first kappa shape index (κ1) is 13.6. The van der Waals surface area contributed by atoms with Crippen LogP contribution >= 0.6 is 0 Å². The highest BCUT2D eigenvalue weighted by Gasteiger charge is 2.37. The summed E-state index contributed by atoms with van der Waals surface area (Å²) in [5.41, 5.74) is -2.36. The molecule has 5 nitrogen and oxygen atoms in total. The first-order valence-corrected chi connectivity index (χ1v) is 5.47. The Balaban J connectivity index is 2.36. The molecular weight excluding hydrogens is 265 g/mol. The molecule has 1 aromatic carbocycles. The van der Waals surface area contributed by atoms with Crippen LogP contribution < -0.4 is 10.1 Å². The molecular formula is C11H11F3N2O3. The average molecular weight is 276 g/mol. The molecule has 1 saturated heterocycles. The highest BCUT2D eigenvalue weighted by Crippen LogP contribution is 2.37. The van der Waals surface area contributed by atoms with E-state index in [0.29, 0.717) is 19.2 Å². The summed E-state index contributed by atoms with van der Waals surface area (Å²) in [6.45, 7) is 2.71. The Bertz CT molecular complexity index is 512. The van der Waals surface area contributed by atoms with Crippen molar-refractivity contribution in [1.29, 1.82) is 0 Å². The zero-order valence-corrected chi connectivity index (χ0v) is 9.95. The average Bonchev–Trinajstić information content (AvgIpc) is 2.25. The Morgan fingerprint density at radius 1 is 1.42 bits per heavy atom. The maximum absolute atomic E-state index is 12.5. The normalized spacial score (nSPS) is 17.7. The maximum atomic E-state index is 12.5. The number of rotatable bonds is 3. The summed E-state index contributed by atoms with van der Waals surface area (Å²) in [6.07, 6.45) is -4.62. The summed E-state index contributed by atoms with van der Waals surface area (Å²) in [5.74, 6) is -0.151. The van der Waals surface area contributed by atoms with Crippen LogP contribution in [-0.2, 0) is 6.18 Å². The van der Waals surface area contributed by atoms with Gasteiger partial charge in [-0.3, -0.25) is 10.1 Å². The number of halogens is 3. The maximum Gasteiger partial charge on any atom is 0.416 e. The van der Waals surface area contributed by atoms with E-state index in [4.69, 9.17) is 4.74 Å². The summed E-state index contributed by atoms with van der Waals surface area (Å²) in [7, 11) is 0. The van der Waals surface area contributed by atoms with Crippen LogP contribution in [0.5, 0.6) is 5.75 Å². The fourth-order valence-electron chi connectivity index (χ4n) is 1.74. The molecule has 0 aromatic heterocycles. The van der Waals surface area contributed by atoms with Gasteiger partial charge in [0.2, 0.25) is 0 Å². The number of benzene rings is 1. The molecule has 0 spiro atoms. The number of hydrogen-bond acceptors (Lipinski definition) is 4. The fraction of sp³-hybridized carbons (Fsp3) is 0.455. The van der Waals surface area contributed by atoms with E-state index in [1.165, 1.54) is 0 Å². The number of alkyl halides is 3. The lowest BCUT2D eigenvalue weighted by molar-refractivity contribution is -0.386. The molecule has 1 heterocycles. The van der Waals surface area contributed by atoms with Crippen molar-refractivity contribution in [1.82, 2.24) is 5.32 Å². The van der Waals surface area contributed by atoms with Gasteiger partial charge < -0.3 is 10.1 Å². The lowest BCUT2D eigenvalue weighted by Gasteiger charge is -2.39. The van der Waals surface area contributed by atoms with Crippen LogP contribution in [0.25, 0.3) is 0 Å². The van der Waals surface area contributed by atoms with Gasteiger partial charge in [0.25, 0.3) is 0 Å². The molecule has 1 aliphatic heterocycles. The van der Waals surface area contributed by atoms with Gasteiger partial charge in [-0.25, -0.2) is 0 Å². The zero-order chi connectivity index (χ0) is 14.3. The third-order valence-electron chi connectivity index (χ3n) is 2.84. The lowest BCUT2D eigenvalue weighted by Crippen LogP contribution is -2.61. The summed E-state index contributed by atoms with van der Waals surface area (Å²) in [4.78, 5) is 9.96. The van der Waals surface area contributed by atoms with Crippen LogP contribution in [0, 0.1) is 10.1 Å². The molecule has 1 aliphatic rings. The van der Waals surface area contributed by atoms with Crippen molar-refractivity contribution in [2.24, 2.45) is 0 Å². The molecule has 2 rings (SSSR count). The van der Waals surface area contributed by atoms with Gasteiger partial charge >= 0.3 is 11.9 Å². The van der Waals surface area contributed by atoms with E-state index in [2.05, 4.69) is 5.32 Å². The molecule has 8 heteroatoms. The van der Waals surface area contributed by atoms with Gasteiger partial charge in [-0.1, -0.05) is 0 Å². The van der Waals surface area contributed by atoms with Crippen LogP contribution in [0.4, 0.5) is 18.9 Å². The Labute approximate surface area is 106 Å². The minimum atomic E-state index is -4.62. The Kier molecular flexibility index (Phi) is 3.13. The molecule has 0 amide bonds. The van der Waals surface area contributed by atoms with Crippen molar-refractivity contribution in [3.05, 3.63) is 33.9 Å². The van der Waals surface area contributed by atoms with Crippen molar-refractivity contribution >= 4 is 5.69 Å². The third kappa shape index (κ3) is 2.78. The smallest absolute Gasteiger partial charge is 0.416 e. The van der Waals surface area contributed by atoms with E-state index in [1.54, 1.807) is 6.92 Å². The van der Waals surface area contributed by atoms with E-state index < -0.39 is 28.0 Å². The standard InChI is InChI=1S/C11H11F3N2O3/c1-10(5-15-6-10)19-9-3-2-7(11(12,13)14)4-8(9)16(17)18/h2-4,15H,5-6H2,1H3. The topological polar surface area (TPSA) is 64.4 Å². The molecule has 0 radical (unpaired) electrons. The number of nitro benzene ring substituents is 1. The summed E-state index contributed by atoms with van der Waals surface area (Å²) in [6, 6.07) is 2.26. The summed E-state index contributed by atoms with van der Waals surface area (Å²) < 4.78 is 42.9. The number of nitro groups is 1. The second kappa shape index (κ2) is 4.37. The second-order valence-corrected chi connectivity index (χ2v) is 4.59. The van der Waals surface area contributed by atoms with Crippen molar-refractivity contribution < 1.29 is 22.8 Å². The fourth-order valence-corrected chi connectivity index (χ4v) is 1.74. The molecule has 1 aromatic rings. The van der Waals surface area contributed by atoms with Crippen molar-refractivity contribution in [2.75, 3.05) is 13.1 Å². The van der Waals surface area contributed by atoms with Crippen molar-refractivity contribution in [3.63, 3.8) is 0 Å². The van der Waals surface area contributed by atoms with Crippen LogP contribution in [0.15, 0.2) is 18.2 Å². The van der Waals surface area contributed by atoms with E-state index in [-0.39, 0.29) is 5.75 Å². The number of hydrogen-bond donors (Lipinski definition) is 1. The quantitative estimate of drug-likeness (QED) is 0.680. The van der Waals surface area contributed by atoms with Gasteiger partial charge in [0, 0.05) is 19.2 Å². The van der Waals surface area contributed by atoms with E-state index in [9.17, 15) is 23.3 Å². The molecule has 19 heavy (non-hydrogen) atoms.